The Balaban J connectivity index is 1.53. The van der Waals surface area contributed by atoms with Crippen LogP contribution in [0.15, 0.2) is 46.9 Å². The molecule has 1 atom stereocenters. The zero-order chi connectivity index (χ0) is 18.8. The van der Waals surface area contributed by atoms with E-state index in [-0.39, 0.29) is 11.9 Å². The Morgan fingerprint density at radius 2 is 2.19 bits per heavy atom. The molecule has 1 saturated heterocycles. The summed E-state index contributed by atoms with van der Waals surface area (Å²) in [5.74, 6) is 1.82. The van der Waals surface area contributed by atoms with Crippen molar-refractivity contribution in [3.63, 3.8) is 0 Å². The molecule has 5 heteroatoms. The summed E-state index contributed by atoms with van der Waals surface area (Å²) in [4.78, 5) is 14.8. The van der Waals surface area contributed by atoms with Crippen molar-refractivity contribution in [2.45, 2.75) is 25.3 Å². The molecule has 4 nitrogen and oxygen atoms in total. The Kier molecular flexibility index (Phi) is 5.21. The lowest BCUT2D eigenvalue weighted by molar-refractivity contribution is -0.126. The summed E-state index contributed by atoms with van der Waals surface area (Å²) in [5, 5.41) is 0. The predicted octanol–water partition coefficient (Wildman–Crippen LogP) is 4.77. The molecule has 0 aromatic heterocycles. The first-order valence-electron chi connectivity index (χ1n) is 9.23. The summed E-state index contributed by atoms with van der Waals surface area (Å²) in [6, 6.07) is 12.1. The van der Waals surface area contributed by atoms with Gasteiger partial charge >= 0.3 is 0 Å². The summed E-state index contributed by atoms with van der Waals surface area (Å²) >= 11 is 3.53. The highest BCUT2D eigenvalue weighted by atomic mass is 79.9. The van der Waals surface area contributed by atoms with Gasteiger partial charge in [-0.3, -0.25) is 4.79 Å². The second-order valence-corrected chi connectivity index (χ2v) is 7.79. The molecule has 0 aliphatic carbocycles. The lowest BCUT2D eigenvalue weighted by Crippen LogP contribution is -2.29. The smallest absolute Gasteiger partial charge is 0.247 e. The molecular formula is C22H22BrNO3. The lowest BCUT2D eigenvalue weighted by Gasteiger charge is -2.25. The van der Waals surface area contributed by atoms with Gasteiger partial charge in [0.15, 0.2) is 0 Å². The number of benzene rings is 2. The van der Waals surface area contributed by atoms with Crippen LogP contribution in [0.3, 0.4) is 0 Å². The van der Waals surface area contributed by atoms with Gasteiger partial charge in [0.25, 0.3) is 0 Å². The van der Waals surface area contributed by atoms with Crippen molar-refractivity contribution in [1.29, 1.82) is 0 Å². The van der Waals surface area contributed by atoms with E-state index in [9.17, 15) is 4.79 Å². The fraction of sp³-hybridized carbons (Fsp3) is 0.318. The molecule has 1 unspecified atom stereocenters. The molecule has 2 heterocycles. The largest absolute Gasteiger partial charge is 0.496 e. The van der Waals surface area contributed by atoms with Crippen LogP contribution in [-0.4, -0.2) is 31.1 Å². The number of carbonyl (C=O) groups is 1. The molecular weight excluding hydrogens is 406 g/mol. The van der Waals surface area contributed by atoms with Crippen LogP contribution in [0, 0.1) is 0 Å². The topological polar surface area (TPSA) is 38.8 Å². The first kappa shape index (κ1) is 18.1. The van der Waals surface area contributed by atoms with Crippen LogP contribution in [0.25, 0.3) is 6.08 Å². The quantitative estimate of drug-likeness (QED) is 0.659. The lowest BCUT2D eigenvalue weighted by atomic mass is 10.0. The minimum atomic E-state index is 0.0382. The molecule has 0 saturated carbocycles. The van der Waals surface area contributed by atoms with Crippen LogP contribution < -0.4 is 9.47 Å². The minimum Gasteiger partial charge on any atom is -0.496 e. The molecule has 0 radical (unpaired) electrons. The summed E-state index contributed by atoms with van der Waals surface area (Å²) in [6.45, 7) is 1.51. The summed E-state index contributed by atoms with van der Waals surface area (Å²) in [6.07, 6.45) is 6.45. The van der Waals surface area contributed by atoms with Crippen molar-refractivity contribution in [3.05, 3.63) is 63.6 Å². The molecule has 140 valence electrons. The number of methoxy groups -OCH3 is 1. The molecule has 0 N–H and O–H groups in total. The van der Waals surface area contributed by atoms with Gasteiger partial charge in [0.05, 0.1) is 19.8 Å². The summed E-state index contributed by atoms with van der Waals surface area (Å²) < 4.78 is 12.1. The van der Waals surface area contributed by atoms with Gasteiger partial charge in [-0.15, -0.1) is 0 Å². The maximum atomic E-state index is 12.9. The van der Waals surface area contributed by atoms with E-state index in [1.54, 1.807) is 13.2 Å². The standard InChI is InChI=1S/C22H22BrNO3/c1-26-21-8-6-17(23)14-18(21)19-3-2-11-24(19)22(25)9-5-15-4-7-20-16(13-15)10-12-27-20/h4-9,13-14,19H,2-3,10-12H2,1H3. The molecule has 4 rings (SSSR count). The zero-order valence-corrected chi connectivity index (χ0v) is 16.9. The van der Waals surface area contributed by atoms with E-state index < -0.39 is 0 Å². The van der Waals surface area contributed by atoms with Crippen LogP contribution in [0.4, 0.5) is 0 Å². The molecule has 27 heavy (non-hydrogen) atoms. The van der Waals surface area contributed by atoms with E-state index >= 15 is 0 Å². The van der Waals surface area contributed by atoms with E-state index in [4.69, 9.17) is 9.47 Å². The Morgan fingerprint density at radius 1 is 1.30 bits per heavy atom. The Labute approximate surface area is 167 Å². The van der Waals surface area contributed by atoms with E-state index in [2.05, 4.69) is 28.1 Å². The highest BCUT2D eigenvalue weighted by Crippen LogP contribution is 2.38. The number of rotatable bonds is 4. The average Bonchev–Trinajstić information content (AvgIpc) is 3.34. The van der Waals surface area contributed by atoms with Gasteiger partial charge in [0.2, 0.25) is 5.91 Å². The monoisotopic (exact) mass is 427 g/mol. The van der Waals surface area contributed by atoms with E-state index in [0.717, 1.165) is 59.5 Å². The first-order valence-corrected chi connectivity index (χ1v) is 10.0. The van der Waals surface area contributed by atoms with Crippen LogP contribution in [0.5, 0.6) is 11.5 Å². The molecule has 1 fully saturated rings. The SMILES string of the molecule is COc1ccc(Br)cc1C1CCCN1C(=O)C=Cc1ccc2c(c1)CCO2. The van der Waals surface area contributed by atoms with Gasteiger partial charge < -0.3 is 14.4 Å². The molecule has 2 aliphatic heterocycles. The minimum absolute atomic E-state index is 0.0382. The van der Waals surface area contributed by atoms with Crippen molar-refractivity contribution in [3.8, 4) is 11.5 Å². The Morgan fingerprint density at radius 3 is 3.04 bits per heavy atom. The van der Waals surface area contributed by atoms with Crippen LogP contribution >= 0.6 is 15.9 Å². The van der Waals surface area contributed by atoms with Crippen LogP contribution in [-0.2, 0) is 11.2 Å². The number of carbonyl (C=O) groups excluding carboxylic acids is 1. The molecule has 0 spiro atoms. The van der Waals surface area contributed by atoms with Crippen molar-refractivity contribution < 1.29 is 14.3 Å². The van der Waals surface area contributed by atoms with Gasteiger partial charge in [-0.05, 0) is 60.4 Å². The molecule has 1 amide bonds. The second-order valence-electron chi connectivity index (χ2n) is 6.87. The van der Waals surface area contributed by atoms with E-state index in [0.29, 0.717) is 0 Å². The van der Waals surface area contributed by atoms with Crippen molar-refractivity contribution >= 4 is 27.9 Å². The third kappa shape index (κ3) is 3.74. The number of nitrogens with zero attached hydrogens (tertiary/aromatic N) is 1. The Hall–Kier alpha value is -2.27. The first-order chi connectivity index (χ1) is 13.2. The maximum absolute atomic E-state index is 12.9. The number of likely N-dealkylation sites (tertiary alicyclic amines) is 1. The highest BCUT2D eigenvalue weighted by Gasteiger charge is 2.31. The predicted molar refractivity (Wildman–Crippen MR) is 109 cm³/mol. The van der Waals surface area contributed by atoms with Gasteiger partial charge in [0.1, 0.15) is 11.5 Å². The van der Waals surface area contributed by atoms with Gasteiger partial charge in [-0.25, -0.2) is 0 Å². The maximum Gasteiger partial charge on any atom is 0.247 e. The molecule has 2 aromatic rings. The van der Waals surface area contributed by atoms with Crippen molar-refractivity contribution in [1.82, 2.24) is 4.90 Å². The zero-order valence-electron chi connectivity index (χ0n) is 15.3. The van der Waals surface area contributed by atoms with Crippen LogP contribution in [0.2, 0.25) is 0 Å². The van der Waals surface area contributed by atoms with Gasteiger partial charge in [0, 0.05) is 29.1 Å². The molecule has 2 aliphatic rings. The average molecular weight is 428 g/mol. The number of halogens is 1. The van der Waals surface area contributed by atoms with E-state index in [1.165, 1.54) is 5.56 Å². The Bertz CT molecular complexity index is 893. The number of hydrogen-bond acceptors (Lipinski definition) is 3. The van der Waals surface area contributed by atoms with Gasteiger partial charge in [-0.2, -0.15) is 0 Å². The van der Waals surface area contributed by atoms with E-state index in [1.807, 2.05) is 35.2 Å². The van der Waals surface area contributed by atoms with Crippen molar-refractivity contribution in [2.75, 3.05) is 20.3 Å². The summed E-state index contributed by atoms with van der Waals surface area (Å²) in [5.41, 5.74) is 3.30. The fourth-order valence-corrected chi connectivity index (χ4v) is 4.27. The number of ether oxygens (including phenoxy) is 2. The normalized spacial score (nSPS) is 18.6. The third-order valence-electron chi connectivity index (χ3n) is 5.22. The third-order valence-corrected chi connectivity index (χ3v) is 5.71. The van der Waals surface area contributed by atoms with Gasteiger partial charge in [-0.1, -0.05) is 22.0 Å². The van der Waals surface area contributed by atoms with Crippen molar-refractivity contribution in [2.24, 2.45) is 0 Å². The number of hydrogen-bond donors (Lipinski definition) is 0. The highest BCUT2D eigenvalue weighted by molar-refractivity contribution is 9.10. The number of fused-ring (bicyclic) bond motifs is 1. The molecule has 0 bridgehead atoms. The summed E-state index contributed by atoms with van der Waals surface area (Å²) in [7, 11) is 1.67. The van der Waals surface area contributed by atoms with Crippen LogP contribution in [0.1, 0.15) is 35.6 Å². The number of amides is 1. The fourth-order valence-electron chi connectivity index (χ4n) is 3.89. The molecule has 2 aromatic carbocycles. The second kappa shape index (κ2) is 7.77.